The highest BCUT2D eigenvalue weighted by atomic mass is 16.5. The van der Waals surface area contributed by atoms with Gasteiger partial charge in [-0.25, -0.2) is 4.99 Å². The number of carbonyl (C=O) groups excluding carboxylic acids is 1. The van der Waals surface area contributed by atoms with Gasteiger partial charge in [0.2, 0.25) is 5.96 Å². The van der Waals surface area contributed by atoms with E-state index in [0.29, 0.717) is 35.3 Å². The summed E-state index contributed by atoms with van der Waals surface area (Å²) in [5, 5.41) is 5.97. The zero-order valence-corrected chi connectivity index (χ0v) is 17.6. The molecule has 31 heavy (non-hydrogen) atoms. The monoisotopic (exact) mass is 420 g/mol. The molecule has 0 unspecified atom stereocenters. The maximum absolute atomic E-state index is 12.9. The van der Waals surface area contributed by atoms with Crippen LogP contribution in [-0.4, -0.2) is 38.2 Å². The number of pyridine rings is 1. The third-order valence-electron chi connectivity index (χ3n) is 4.38. The number of carbonyl (C=O) groups is 1. The molecule has 8 heteroatoms. The van der Waals surface area contributed by atoms with E-state index in [0.717, 1.165) is 11.3 Å². The number of nitrogens with one attached hydrogen (secondary N) is 2. The van der Waals surface area contributed by atoms with E-state index in [-0.39, 0.29) is 5.91 Å². The highest BCUT2D eigenvalue weighted by Crippen LogP contribution is 2.27. The number of ether oxygens (including phenoxy) is 3. The minimum absolute atomic E-state index is 0.296. The van der Waals surface area contributed by atoms with E-state index in [9.17, 15) is 4.79 Å². The Kier molecular flexibility index (Phi) is 7.42. The van der Waals surface area contributed by atoms with Crippen molar-refractivity contribution in [1.82, 2.24) is 10.3 Å². The molecule has 0 bridgehead atoms. The van der Waals surface area contributed by atoms with Crippen LogP contribution in [0, 0.1) is 0 Å². The van der Waals surface area contributed by atoms with Crippen LogP contribution in [0.3, 0.4) is 0 Å². The van der Waals surface area contributed by atoms with Gasteiger partial charge >= 0.3 is 0 Å². The standard InChI is InChI=1S/C23H24N4O4/c1-29-19-6-4-5-18(14-19)26-23(25-15-16-9-11-24-12-10-16)27-22(28)17-7-8-20(30-2)21(13-17)31-3/h4-14H,15H2,1-3H3,(H2,25,26,27,28). The van der Waals surface area contributed by atoms with Crippen molar-refractivity contribution in [3.05, 3.63) is 78.1 Å². The lowest BCUT2D eigenvalue weighted by molar-refractivity contribution is 0.0976. The normalized spacial score (nSPS) is 10.9. The van der Waals surface area contributed by atoms with Gasteiger partial charge < -0.3 is 19.5 Å². The molecular formula is C23H24N4O4. The number of benzene rings is 2. The minimum Gasteiger partial charge on any atom is -0.497 e. The lowest BCUT2D eigenvalue weighted by Gasteiger charge is -2.14. The average molecular weight is 420 g/mol. The smallest absolute Gasteiger partial charge is 0.258 e. The summed E-state index contributed by atoms with van der Waals surface area (Å²) in [6.07, 6.45) is 3.39. The van der Waals surface area contributed by atoms with Gasteiger partial charge in [0.1, 0.15) is 5.75 Å². The van der Waals surface area contributed by atoms with Crippen LogP contribution >= 0.6 is 0 Å². The second-order valence-corrected chi connectivity index (χ2v) is 6.40. The number of aliphatic imine (C=N–C) groups is 1. The molecule has 0 aliphatic rings. The largest absolute Gasteiger partial charge is 0.497 e. The fourth-order valence-electron chi connectivity index (χ4n) is 2.76. The van der Waals surface area contributed by atoms with Crippen molar-refractivity contribution in [2.24, 2.45) is 4.99 Å². The van der Waals surface area contributed by atoms with Gasteiger partial charge in [0.25, 0.3) is 5.91 Å². The maximum atomic E-state index is 12.9. The summed E-state index contributed by atoms with van der Waals surface area (Å²) in [5.74, 6) is 1.64. The van der Waals surface area contributed by atoms with Crippen molar-refractivity contribution in [2.45, 2.75) is 6.54 Å². The Balaban J connectivity index is 1.83. The highest BCUT2D eigenvalue weighted by Gasteiger charge is 2.13. The van der Waals surface area contributed by atoms with Gasteiger partial charge in [-0.2, -0.15) is 0 Å². The lowest BCUT2D eigenvalue weighted by Crippen LogP contribution is -2.36. The number of anilines is 1. The molecule has 0 saturated heterocycles. The summed E-state index contributed by atoms with van der Waals surface area (Å²) in [7, 11) is 4.65. The molecule has 0 saturated carbocycles. The fourth-order valence-corrected chi connectivity index (χ4v) is 2.76. The zero-order valence-electron chi connectivity index (χ0n) is 17.6. The molecule has 3 rings (SSSR count). The molecule has 0 spiro atoms. The molecule has 1 heterocycles. The Hall–Kier alpha value is -4.07. The van der Waals surface area contributed by atoms with Crippen molar-refractivity contribution < 1.29 is 19.0 Å². The second kappa shape index (κ2) is 10.6. The molecule has 0 fully saturated rings. The molecule has 2 aromatic carbocycles. The second-order valence-electron chi connectivity index (χ2n) is 6.40. The predicted octanol–water partition coefficient (Wildman–Crippen LogP) is 3.51. The van der Waals surface area contributed by atoms with Crippen LogP contribution in [0.1, 0.15) is 15.9 Å². The van der Waals surface area contributed by atoms with Gasteiger partial charge in [-0.05, 0) is 48.0 Å². The van der Waals surface area contributed by atoms with Crippen molar-refractivity contribution in [2.75, 3.05) is 26.6 Å². The van der Waals surface area contributed by atoms with E-state index >= 15 is 0 Å². The van der Waals surface area contributed by atoms with Crippen LogP contribution in [-0.2, 0) is 6.54 Å². The number of amides is 1. The average Bonchev–Trinajstić information content (AvgIpc) is 2.82. The first-order chi connectivity index (χ1) is 15.1. The number of rotatable bonds is 7. The Morgan fingerprint density at radius 1 is 0.935 bits per heavy atom. The van der Waals surface area contributed by atoms with Gasteiger partial charge in [-0.15, -0.1) is 0 Å². The van der Waals surface area contributed by atoms with Crippen LogP contribution in [0.5, 0.6) is 17.2 Å². The first-order valence-electron chi connectivity index (χ1n) is 9.50. The molecule has 2 N–H and O–H groups in total. The van der Waals surface area contributed by atoms with Crippen LogP contribution in [0.4, 0.5) is 5.69 Å². The molecular weight excluding hydrogens is 396 g/mol. The first kappa shape index (κ1) is 21.6. The van der Waals surface area contributed by atoms with E-state index in [2.05, 4.69) is 20.6 Å². The van der Waals surface area contributed by atoms with E-state index in [1.807, 2.05) is 36.4 Å². The van der Waals surface area contributed by atoms with Crippen LogP contribution < -0.4 is 24.8 Å². The molecule has 0 aliphatic carbocycles. The Morgan fingerprint density at radius 2 is 1.71 bits per heavy atom. The topological polar surface area (TPSA) is 94.1 Å². The van der Waals surface area contributed by atoms with Gasteiger partial charge in [0.05, 0.1) is 27.9 Å². The Morgan fingerprint density at radius 3 is 2.42 bits per heavy atom. The molecule has 0 radical (unpaired) electrons. The van der Waals surface area contributed by atoms with Gasteiger partial charge in [0, 0.05) is 29.7 Å². The van der Waals surface area contributed by atoms with Crippen LogP contribution in [0.15, 0.2) is 72.0 Å². The number of methoxy groups -OCH3 is 3. The molecule has 0 atom stereocenters. The van der Waals surface area contributed by atoms with E-state index in [4.69, 9.17) is 14.2 Å². The van der Waals surface area contributed by atoms with E-state index < -0.39 is 0 Å². The van der Waals surface area contributed by atoms with Crippen LogP contribution in [0.25, 0.3) is 0 Å². The van der Waals surface area contributed by atoms with Gasteiger partial charge in [0.15, 0.2) is 11.5 Å². The Bertz CT molecular complexity index is 1050. The molecule has 0 aliphatic heterocycles. The molecule has 3 aromatic rings. The molecule has 1 amide bonds. The van der Waals surface area contributed by atoms with Crippen molar-refractivity contribution >= 4 is 17.6 Å². The van der Waals surface area contributed by atoms with Crippen molar-refractivity contribution in [1.29, 1.82) is 0 Å². The fraction of sp³-hybridized carbons (Fsp3) is 0.174. The third kappa shape index (κ3) is 5.96. The zero-order chi connectivity index (χ0) is 22.1. The Labute approximate surface area is 180 Å². The number of hydrogen-bond acceptors (Lipinski definition) is 6. The van der Waals surface area contributed by atoms with E-state index in [1.165, 1.54) is 7.11 Å². The number of aromatic nitrogens is 1. The minimum atomic E-state index is -0.343. The van der Waals surface area contributed by atoms with Crippen molar-refractivity contribution in [3.8, 4) is 17.2 Å². The van der Waals surface area contributed by atoms with E-state index in [1.54, 1.807) is 44.8 Å². The summed E-state index contributed by atoms with van der Waals surface area (Å²) in [4.78, 5) is 21.4. The number of guanidine groups is 1. The number of nitrogens with zero attached hydrogens (tertiary/aromatic N) is 2. The summed E-state index contributed by atoms with van der Waals surface area (Å²) >= 11 is 0. The molecule has 1 aromatic heterocycles. The highest BCUT2D eigenvalue weighted by molar-refractivity contribution is 6.10. The van der Waals surface area contributed by atoms with Crippen LogP contribution in [0.2, 0.25) is 0 Å². The summed E-state index contributed by atoms with van der Waals surface area (Å²) < 4.78 is 15.8. The lowest BCUT2D eigenvalue weighted by atomic mass is 10.2. The first-order valence-corrected chi connectivity index (χ1v) is 9.50. The van der Waals surface area contributed by atoms with Gasteiger partial charge in [-0.3, -0.25) is 15.1 Å². The van der Waals surface area contributed by atoms with Crippen molar-refractivity contribution in [3.63, 3.8) is 0 Å². The summed E-state index contributed by atoms with van der Waals surface area (Å²) in [6, 6.07) is 16.0. The molecule has 160 valence electrons. The third-order valence-corrected chi connectivity index (χ3v) is 4.38. The summed E-state index contributed by atoms with van der Waals surface area (Å²) in [6.45, 7) is 0.362. The predicted molar refractivity (Wildman–Crippen MR) is 119 cm³/mol. The summed E-state index contributed by atoms with van der Waals surface area (Å²) in [5.41, 5.74) is 2.09. The number of hydrogen-bond donors (Lipinski definition) is 2. The quantitative estimate of drug-likeness (QED) is 0.449. The maximum Gasteiger partial charge on any atom is 0.258 e. The molecule has 8 nitrogen and oxygen atoms in total. The van der Waals surface area contributed by atoms with Gasteiger partial charge in [-0.1, -0.05) is 6.07 Å². The SMILES string of the molecule is COc1cccc(NC(=NCc2ccncc2)NC(=O)c2ccc(OC)c(OC)c2)c1.